The Morgan fingerprint density at radius 2 is 2.14 bits per heavy atom. The summed E-state index contributed by atoms with van der Waals surface area (Å²) in [5, 5.41) is 2.86. The molecule has 3 rings (SSSR count). The lowest BCUT2D eigenvalue weighted by Gasteiger charge is -2.38. The second kappa shape index (κ2) is 5.26. The summed E-state index contributed by atoms with van der Waals surface area (Å²) < 4.78 is 13.2. The number of aromatic nitrogens is 1. The molecular formula is C14H15ClFN3O2. The van der Waals surface area contributed by atoms with Crippen LogP contribution in [0.15, 0.2) is 12.3 Å². The Morgan fingerprint density at radius 3 is 2.76 bits per heavy atom. The summed E-state index contributed by atoms with van der Waals surface area (Å²) in [6.45, 7) is 1.76. The van der Waals surface area contributed by atoms with E-state index in [1.165, 1.54) is 0 Å². The summed E-state index contributed by atoms with van der Waals surface area (Å²) >= 11 is 5.87. The first-order valence-electron chi connectivity index (χ1n) is 6.86. The van der Waals surface area contributed by atoms with Crippen molar-refractivity contribution >= 4 is 23.4 Å². The van der Waals surface area contributed by atoms with Crippen molar-refractivity contribution in [3.63, 3.8) is 0 Å². The highest BCUT2D eigenvalue weighted by Gasteiger charge is 2.41. The lowest BCUT2D eigenvalue weighted by molar-refractivity contribution is -0.119. The summed E-state index contributed by atoms with van der Waals surface area (Å²) in [7, 11) is 0. The van der Waals surface area contributed by atoms with Gasteiger partial charge in [-0.3, -0.25) is 9.59 Å². The third-order valence-electron chi connectivity index (χ3n) is 4.34. The molecule has 0 bridgehead atoms. The minimum atomic E-state index is -0.582. The highest BCUT2D eigenvalue weighted by molar-refractivity contribution is 6.32. The number of likely N-dealkylation sites (tertiary alicyclic amines) is 1. The molecule has 2 aliphatic rings. The van der Waals surface area contributed by atoms with E-state index in [1.54, 1.807) is 4.90 Å². The third-order valence-corrected chi connectivity index (χ3v) is 4.64. The van der Waals surface area contributed by atoms with Gasteiger partial charge in [-0.05, 0) is 24.3 Å². The Hall–Kier alpha value is -1.69. The second-order valence-electron chi connectivity index (χ2n) is 5.74. The summed E-state index contributed by atoms with van der Waals surface area (Å²) in [4.78, 5) is 29.1. The number of nitrogens with one attached hydrogen (secondary N) is 1. The maximum absolute atomic E-state index is 13.2. The van der Waals surface area contributed by atoms with Gasteiger partial charge in [-0.25, -0.2) is 9.37 Å². The van der Waals surface area contributed by atoms with Gasteiger partial charge in [-0.1, -0.05) is 11.6 Å². The highest BCUT2D eigenvalue weighted by Crippen LogP contribution is 2.37. The molecule has 1 aromatic heterocycles. The van der Waals surface area contributed by atoms with Crippen LogP contribution >= 0.6 is 11.6 Å². The first-order valence-corrected chi connectivity index (χ1v) is 7.24. The van der Waals surface area contributed by atoms with Crippen LogP contribution in [-0.2, 0) is 4.79 Å². The van der Waals surface area contributed by atoms with Crippen LogP contribution in [0.3, 0.4) is 0 Å². The molecule has 2 saturated heterocycles. The molecule has 0 aromatic carbocycles. The number of halogens is 2. The molecule has 7 heteroatoms. The topological polar surface area (TPSA) is 62.3 Å². The largest absolute Gasteiger partial charge is 0.356 e. The number of hydrogen-bond acceptors (Lipinski definition) is 3. The maximum atomic E-state index is 13.2. The lowest BCUT2D eigenvalue weighted by atomic mass is 9.77. The fourth-order valence-corrected chi connectivity index (χ4v) is 3.22. The predicted octanol–water partition coefficient (Wildman–Crippen LogP) is 1.62. The normalized spacial score (nSPS) is 20.7. The van der Waals surface area contributed by atoms with Crippen molar-refractivity contribution in [2.75, 3.05) is 19.6 Å². The molecule has 2 amide bonds. The third kappa shape index (κ3) is 2.72. The molecule has 1 spiro atoms. The summed E-state index contributed by atoms with van der Waals surface area (Å²) in [6, 6.07) is 1.11. The minimum Gasteiger partial charge on any atom is -0.356 e. The molecule has 5 nitrogen and oxygen atoms in total. The van der Waals surface area contributed by atoms with Gasteiger partial charge in [0.1, 0.15) is 11.0 Å². The van der Waals surface area contributed by atoms with Crippen molar-refractivity contribution in [1.82, 2.24) is 15.2 Å². The number of carbonyl (C=O) groups excluding carboxylic acids is 2. The molecule has 112 valence electrons. The van der Waals surface area contributed by atoms with Gasteiger partial charge in [0.2, 0.25) is 5.91 Å². The monoisotopic (exact) mass is 311 g/mol. The van der Waals surface area contributed by atoms with Crippen molar-refractivity contribution in [3.8, 4) is 0 Å². The zero-order valence-corrected chi connectivity index (χ0v) is 12.1. The molecule has 1 aromatic rings. The van der Waals surface area contributed by atoms with E-state index in [2.05, 4.69) is 10.3 Å². The number of amides is 2. The van der Waals surface area contributed by atoms with Crippen molar-refractivity contribution in [3.05, 3.63) is 28.8 Å². The average Bonchev–Trinajstić information content (AvgIpc) is 2.83. The van der Waals surface area contributed by atoms with E-state index in [0.29, 0.717) is 26.1 Å². The van der Waals surface area contributed by atoms with Gasteiger partial charge in [0.05, 0.1) is 11.8 Å². The van der Waals surface area contributed by atoms with Crippen LogP contribution in [-0.4, -0.2) is 41.3 Å². The van der Waals surface area contributed by atoms with Gasteiger partial charge in [0.15, 0.2) is 0 Å². The molecule has 0 unspecified atom stereocenters. The highest BCUT2D eigenvalue weighted by atomic mass is 35.5. The fraction of sp³-hybridized carbons (Fsp3) is 0.500. The first-order chi connectivity index (χ1) is 9.99. The summed E-state index contributed by atoms with van der Waals surface area (Å²) in [6.07, 6.45) is 3.03. The van der Waals surface area contributed by atoms with Crippen LogP contribution in [0.1, 0.15) is 29.6 Å². The first kappa shape index (κ1) is 14.3. The SMILES string of the molecule is O=C1CC2(CCN(C(=O)c3cc(F)cnc3Cl)CC2)CN1. The standard InChI is InChI=1S/C14H15ClFN3O2/c15-12-10(5-9(16)7-17-12)13(21)19-3-1-14(2-4-19)6-11(20)18-8-14/h5,7H,1-4,6,8H2,(H,18,20). The van der Waals surface area contributed by atoms with Gasteiger partial charge in [-0.15, -0.1) is 0 Å². The maximum Gasteiger partial charge on any atom is 0.257 e. The molecule has 2 fully saturated rings. The zero-order chi connectivity index (χ0) is 15.0. The van der Waals surface area contributed by atoms with Crippen molar-refractivity contribution in [2.24, 2.45) is 5.41 Å². The Morgan fingerprint density at radius 1 is 1.43 bits per heavy atom. The zero-order valence-electron chi connectivity index (χ0n) is 11.4. The predicted molar refractivity (Wildman–Crippen MR) is 74.4 cm³/mol. The van der Waals surface area contributed by atoms with Gasteiger partial charge >= 0.3 is 0 Å². The summed E-state index contributed by atoms with van der Waals surface area (Å²) in [5.41, 5.74) is 0.0610. The minimum absolute atomic E-state index is 0.0133. The van der Waals surface area contributed by atoms with Crippen molar-refractivity contribution in [1.29, 1.82) is 0 Å². The smallest absolute Gasteiger partial charge is 0.257 e. The van der Waals surface area contributed by atoms with E-state index in [0.717, 1.165) is 25.1 Å². The average molecular weight is 312 g/mol. The quantitative estimate of drug-likeness (QED) is 0.802. The van der Waals surface area contributed by atoms with Crippen molar-refractivity contribution < 1.29 is 14.0 Å². The number of carbonyl (C=O) groups is 2. The Labute approximate surface area is 126 Å². The molecule has 3 heterocycles. The van der Waals surface area contributed by atoms with Gasteiger partial charge in [0, 0.05) is 26.1 Å². The van der Waals surface area contributed by atoms with E-state index in [1.807, 2.05) is 0 Å². The molecule has 0 atom stereocenters. The van der Waals surface area contributed by atoms with Crippen LogP contribution < -0.4 is 5.32 Å². The van der Waals surface area contributed by atoms with E-state index < -0.39 is 5.82 Å². The van der Waals surface area contributed by atoms with Crippen LogP contribution in [0.5, 0.6) is 0 Å². The van der Waals surface area contributed by atoms with E-state index in [-0.39, 0.29) is 27.9 Å². The van der Waals surface area contributed by atoms with E-state index in [4.69, 9.17) is 11.6 Å². The second-order valence-corrected chi connectivity index (χ2v) is 6.10. The van der Waals surface area contributed by atoms with Gasteiger partial charge in [-0.2, -0.15) is 0 Å². The number of hydrogen-bond donors (Lipinski definition) is 1. The Bertz CT molecular complexity index is 600. The van der Waals surface area contributed by atoms with E-state index in [9.17, 15) is 14.0 Å². The molecule has 1 N–H and O–H groups in total. The van der Waals surface area contributed by atoms with Crippen LogP contribution in [0.4, 0.5) is 4.39 Å². The Balaban J connectivity index is 1.70. The number of nitrogens with zero attached hydrogens (tertiary/aromatic N) is 2. The molecular weight excluding hydrogens is 297 g/mol. The lowest BCUT2D eigenvalue weighted by Crippen LogP contribution is -2.44. The summed E-state index contributed by atoms with van der Waals surface area (Å²) in [5.74, 6) is -0.812. The molecule has 21 heavy (non-hydrogen) atoms. The molecule has 0 radical (unpaired) electrons. The fourth-order valence-electron chi connectivity index (χ4n) is 3.03. The molecule has 0 aliphatic carbocycles. The number of rotatable bonds is 1. The molecule has 0 saturated carbocycles. The molecule has 2 aliphatic heterocycles. The van der Waals surface area contributed by atoms with Crippen LogP contribution in [0, 0.1) is 11.2 Å². The Kier molecular flexibility index (Phi) is 3.57. The van der Waals surface area contributed by atoms with E-state index >= 15 is 0 Å². The van der Waals surface area contributed by atoms with Crippen molar-refractivity contribution in [2.45, 2.75) is 19.3 Å². The van der Waals surface area contributed by atoms with Crippen LogP contribution in [0.25, 0.3) is 0 Å². The number of pyridine rings is 1. The van der Waals surface area contributed by atoms with Gasteiger partial charge < -0.3 is 10.2 Å². The van der Waals surface area contributed by atoms with Crippen LogP contribution in [0.2, 0.25) is 5.15 Å². The van der Waals surface area contributed by atoms with Gasteiger partial charge in [0.25, 0.3) is 5.91 Å². The number of piperidine rings is 1.